The van der Waals surface area contributed by atoms with E-state index in [-0.39, 0.29) is 0 Å². The monoisotopic (exact) mass is 740 g/mol. The van der Waals surface area contributed by atoms with Gasteiger partial charge in [0.2, 0.25) is 0 Å². The molecule has 0 amide bonds. The highest BCUT2D eigenvalue weighted by atomic mass is 14.8. The fourth-order valence-electron chi connectivity index (χ4n) is 9.38. The van der Waals surface area contributed by atoms with E-state index in [2.05, 4.69) is 214 Å². The van der Waals surface area contributed by atoms with Gasteiger partial charge in [0.25, 0.3) is 0 Å². The molecule has 272 valence electrons. The lowest BCUT2D eigenvalue weighted by atomic mass is 9.96. The van der Waals surface area contributed by atoms with Crippen LogP contribution in [0, 0.1) is 0 Å². The van der Waals surface area contributed by atoms with E-state index in [0.717, 1.165) is 121 Å². The normalized spacial score (nSPS) is 12.9. The summed E-state index contributed by atoms with van der Waals surface area (Å²) in [5.74, 6) is 0. The van der Waals surface area contributed by atoms with Crippen LogP contribution in [0.2, 0.25) is 0 Å². The second-order valence-electron chi connectivity index (χ2n) is 15.1. The van der Waals surface area contributed by atoms with Crippen molar-refractivity contribution in [3.63, 3.8) is 0 Å². The Morgan fingerprint density at radius 2 is 0.569 bits per heavy atom. The quantitative estimate of drug-likeness (QED) is 0.140. The largest absolute Gasteiger partial charge is 0.354 e. The van der Waals surface area contributed by atoms with E-state index in [1.807, 2.05) is 0 Å². The standard InChI is InChI=1S/C54H36N4/c1-4-18-33(19-5-1)46-49-38-26-12-10-24-36(38)44(55-49)32-45-37-25-11-13-27-39(37)50(56-45)47(34-20-6-2-7-21-34)52-41-29-15-17-31-43(41)54(58-52)48(35-22-8-3-9-23-35)53-42-30-16-14-28-40(42)51(46)57-53/h1-32,55-58H. The molecule has 4 nitrogen and oxygen atoms in total. The second-order valence-corrected chi connectivity index (χ2v) is 15.1. The Hall–Kier alpha value is -7.82. The molecule has 4 aromatic heterocycles. The first-order valence-electron chi connectivity index (χ1n) is 19.9. The zero-order valence-electron chi connectivity index (χ0n) is 31.5. The zero-order valence-corrected chi connectivity index (χ0v) is 31.5. The number of H-pyrrole nitrogens is 4. The van der Waals surface area contributed by atoms with E-state index in [1.54, 1.807) is 0 Å². The predicted octanol–water partition coefficient (Wildman–Crippen LogP) is 9.50. The summed E-state index contributed by atoms with van der Waals surface area (Å²) in [6.45, 7) is 0. The van der Waals surface area contributed by atoms with Gasteiger partial charge in [-0.2, -0.15) is 0 Å². The number of hydrogen-bond acceptors (Lipinski definition) is 0. The molecule has 0 radical (unpaired) electrons. The van der Waals surface area contributed by atoms with Gasteiger partial charge in [0, 0.05) is 70.9 Å². The van der Waals surface area contributed by atoms with E-state index in [0.29, 0.717) is 0 Å². The zero-order chi connectivity index (χ0) is 38.2. The lowest BCUT2D eigenvalue weighted by Gasteiger charge is -2.09. The molecule has 58 heavy (non-hydrogen) atoms. The van der Waals surface area contributed by atoms with Crippen LogP contribution in [-0.2, 0) is 0 Å². The number of aromatic amines is 4. The van der Waals surface area contributed by atoms with Crippen molar-refractivity contribution in [2.75, 3.05) is 0 Å². The molecule has 8 bridgehead atoms. The van der Waals surface area contributed by atoms with Crippen molar-refractivity contribution in [2.45, 2.75) is 0 Å². The van der Waals surface area contributed by atoms with Crippen molar-refractivity contribution < 1.29 is 0 Å². The number of benzene rings is 7. The van der Waals surface area contributed by atoms with Crippen LogP contribution in [0.5, 0.6) is 0 Å². The van der Waals surface area contributed by atoms with E-state index in [9.17, 15) is 0 Å². The number of nitrogens with one attached hydrogen (secondary N) is 4. The number of hydrogen-bond donors (Lipinski definition) is 4. The van der Waals surface area contributed by atoms with Gasteiger partial charge >= 0.3 is 0 Å². The average Bonchev–Trinajstić information content (AvgIpc) is 4.05. The molecule has 0 unspecified atom stereocenters. The first-order valence-corrected chi connectivity index (χ1v) is 19.9. The third kappa shape index (κ3) is 4.88. The predicted molar refractivity (Wildman–Crippen MR) is 239 cm³/mol. The van der Waals surface area contributed by atoms with Gasteiger partial charge in [-0.05, 0) is 22.8 Å². The fourth-order valence-corrected chi connectivity index (χ4v) is 9.38. The van der Waals surface area contributed by atoms with Gasteiger partial charge in [-0.3, -0.25) is 0 Å². The molecule has 0 saturated heterocycles. The lowest BCUT2D eigenvalue weighted by Crippen LogP contribution is -2.18. The average molecular weight is 741 g/mol. The summed E-state index contributed by atoms with van der Waals surface area (Å²) in [6, 6.07) is 67.6. The minimum Gasteiger partial charge on any atom is -0.354 e. The van der Waals surface area contributed by atoms with Crippen molar-refractivity contribution in [3.8, 4) is 0 Å². The van der Waals surface area contributed by atoms with Gasteiger partial charge < -0.3 is 19.9 Å². The number of aromatic nitrogens is 4. The molecule has 4 N–H and O–H groups in total. The highest BCUT2D eigenvalue weighted by molar-refractivity contribution is 6.07. The highest BCUT2D eigenvalue weighted by Gasteiger charge is 2.24. The second kappa shape index (κ2) is 12.9. The van der Waals surface area contributed by atoms with Gasteiger partial charge in [0.15, 0.2) is 0 Å². The molecule has 1 aliphatic heterocycles. The Morgan fingerprint density at radius 3 is 1.03 bits per heavy atom. The molecule has 5 heterocycles. The summed E-state index contributed by atoms with van der Waals surface area (Å²) in [7, 11) is 0. The van der Waals surface area contributed by atoms with Crippen LogP contribution in [0.25, 0.3) is 65.9 Å². The molecule has 0 saturated carbocycles. The van der Waals surface area contributed by atoms with Crippen LogP contribution in [0.3, 0.4) is 0 Å². The third-order valence-corrected chi connectivity index (χ3v) is 11.9. The maximum atomic E-state index is 4.13. The van der Waals surface area contributed by atoms with E-state index < -0.39 is 0 Å². The van der Waals surface area contributed by atoms with Crippen LogP contribution >= 0.6 is 0 Å². The van der Waals surface area contributed by atoms with Crippen LogP contribution in [0.4, 0.5) is 0 Å². The summed E-state index contributed by atoms with van der Waals surface area (Å²) in [6.07, 6.45) is 2.30. The molecule has 12 rings (SSSR count). The fraction of sp³-hybridized carbons (Fsp3) is 0. The molecule has 11 aromatic rings. The SMILES string of the molecule is C1=c2[nH]c(c3ccccc23)=C(c2ccccc2)c2[nH]c(c3ccccc23)C(c2ccccc2)=c2[nH]c(c3ccccc23)=C(c2ccccc2)c2[nH]c1c1ccccc21. The maximum absolute atomic E-state index is 4.13. The van der Waals surface area contributed by atoms with E-state index >= 15 is 0 Å². The minimum atomic E-state index is 1.05. The lowest BCUT2D eigenvalue weighted by molar-refractivity contribution is 1.21. The number of fused-ring (bicyclic) bond motifs is 20. The van der Waals surface area contributed by atoms with Gasteiger partial charge in [-0.15, -0.1) is 0 Å². The molecule has 7 aromatic carbocycles. The molecule has 1 aliphatic rings. The third-order valence-electron chi connectivity index (χ3n) is 11.9. The topological polar surface area (TPSA) is 63.2 Å². The van der Waals surface area contributed by atoms with Crippen molar-refractivity contribution >= 4 is 65.9 Å². The van der Waals surface area contributed by atoms with Gasteiger partial charge in [0.1, 0.15) is 0 Å². The summed E-state index contributed by atoms with van der Waals surface area (Å²) in [5, 5.41) is 13.5. The Kier molecular flexibility index (Phi) is 7.20. The Balaban J connectivity index is 1.40. The van der Waals surface area contributed by atoms with Crippen molar-refractivity contribution in [1.29, 1.82) is 0 Å². The maximum Gasteiger partial charge on any atom is 0.0566 e. The van der Waals surface area contributed by atoms with Gasteiger partial charge in [-0.1, -0.05) is 188 Å². The molecule has 0 aliphatic carbocycles. The molecular weight excluding hydrogens is 705 g/mol. The van der Waals surface area contributed by atoms with Crippen molar-refractivity contribution in [3.05, 3.63) is 249 Å². The van der Waals surface area contributed by atoms with Crippen LogP contribution in [0.1, 0.15) is 39.5 Å². The van der Waals surface area contributed by atoms with Gasteiger partial charge in [-0.25, -0.2) is 0 Å². The van der Waals surface area contributed by atoms with E-state index in [4.69, 9.17) is 0 Å². The van der Waals surface area contributed by atoms with Crippen LogP contribution in [-0.4, -0.2) is 19.9 Å². The Bertz CT molecular complexity index is 3650. The Morgan fingerprint density at radius 1 is 0.241 bits per heavy atom. The van der Waals surface area contributed by atoms with Crippen LogP contribution < -0.4 is 21.4 Å². The summed E-state index contributed by atoms with van der Waals surface area (Å²) >= 11 is 0. The molecule has 0 atom stereocenters. The molecule has 0 spiro atoms. The molecule has 0 fully saturated rings. The van der Waals surface area contributed by atoms with Crippen molar-refractivity contribution in [1.82, 2.24) is 19.9 Å². The summed E-state index contributed by atoms with van der Waals surface area (Å²) in [4.78, 5) is 16.3. The summed E-state index contributed by atoms with van der Waals surface area (Å²) < 4.78 is 0. The Labute approximate surface area is 333 Å². The summed E-state index contributed by atoms with van der Waals surface area (Å²) in [5.41, 5.74) is 11.0. The first kappa shape index (κ1) is 32.4. The molecular formula is C54H36N4. The van der Waals surface area contributed by atoms with Crippen molar-refractivity contribution in [2.24, 2.45) is 0 Å². The smallest absolute Gasteiger partial charge is 0.0566 e. The minimum absolute atomic E-state index is 1.05. The van der Waals surface area contributed by atoms with Gasteiger partial charge in [0.05, 0.1) is 33.1 Å². The van der Waals surface area contributed by atoms with E-state index in [1.165, 1.54) is 0 Å². The first-order chi connectivity index (χ1) is 28.8. The molecule has 4 heteroatoms. The highest BCUT2D eigenvalue weighted by Crippen LogP contribution is 2.36. The van der Waals surface area contributed by atoms with Crippen LogP contribution in [0.15, 0.2) is 188 Å². The number of rotatable bonds is 3.